The molecule has 0 spiro atoms. The molecule has 0 fully saturated rings. The van der Waals surface area contributed by atoms with Crippen molar-refractivity contribution < 1.29 is 13.9 Å². The molecule has 22 heavy (non-hydrogen) atoms. The van der Waals surface area contributed by atoms with Gasteiger partial charge in [0.15, 0.2) is 0 Å². The number of hydrogen-bond donors (Lipinski definition) is 0. The maximum absolute atomic E-state index is 12.0. The van der Waals surface area contributed by atoms with E-state index in [9.17, 15) is 4.79 Å². The lowest BCUT2D eigenvalue weighted by atomic mass is 10.1. The molecule has 4 heteroatoms. The molecular weight excluding hydrogens is 278 g/mol. The van der Waals surface area contributed by atoms with Gasteiger partial charge < -0.3 is 9.15 Å². The molecule has 3 rings (SSSR count). The number of carbonyl (C=O) groups excluding carboxylic acids is 1. The van der Waals surface area contributed by atoms with Crippen LogP contribution in [-0.4, -0.2) is 11.0 Å². The summed E-state index contributed by atoms with van der Waals surface area (Å²) < 4.78 is 10.7. The van der Waals surface area contributed by atoms with Crippen molar-refractivity contribution in [2.24, 2.45) is 0 Å². The van der Waals surface area contributed by atoms with E-state index in [-0.39, 0.29) is 12.6 Å². The summed E-state index contributed by atoms with van der Waals surface area (Å²) in [6.45, 7) is 1.96. The first kappa shape index (κ1) is 14.1. The van der Waals surface area contributed by atoms with Gasteiger partial charge in [-0.05, 0) is 30.7 Å². The van der Waals surface area contributed by atoms with Crippen molar-refractivity contribution in [3.8, 4) is 11.5 Å². The van der Waals surface area contributed by atoms with Crippen LogP contribution < -0.4 is 0 Å². The van der Waals surface area contributed by atoms with E-state index in [1.165, 1.54) is 6.26 Å². The van der Waals surface area contributed by atoms with E-state index in [1.807, 2.05) is 55.5 Å². The van der Waals surface area contributed by atoms with Crippen LogP contribution in [0.5, 0.6) is 0 Å². The van der Waals surface area contributed by atoms with Crippen molar-refractivity contribution in [1.29, 1.82) is 0 Å². The van der Waals surface area contributed by atoms with Crippen LogP contribution in [0.25, 0.3) is 11.5 Å². The highest BCUT2D eigenvalue weighted by atomic mass is 16.5. The van der Waals surface area contributed by atoms with Gasteiger partial charge in [-0.3, -0.25) is 0 Å². The van der Waals surface area contributed by atoms with Crippen molar-refractivity contribution in [3.63, 3.8) is 0 Å². The number of rotatable bonds is 4. The van der Waals surface area contributed by atoms with Gasteiger partial charge in [0, 0.05) is 5.56 Å². The summed E-state index contributed by atoms with van der Waals surface area (Å²) in [5.74, 6) is 0.157. The molecule has 0 aliphatic carbocycles. The summed E-state index contributed by atoms with van der Waals surface area (Å²) in [7, 11) is 0. The van der Waals surface area contributed by atoms with Gasteiger partial charge in [0.05, 0.1) is 5.56 Å². The number of ether oxygens (including phenoxy) is 1. The van der Waals surface area contributed by atoms with Crippen LogP contribution in [0.4, 0.5) is 0 Å². The topological polar surface area (TPSA) is 52.3 Å². The molecule has 0 amide bonds. The third kappa shape index (κ3) is 3.06. The van der Waals surface area contributed by atoms with Crippen LogP contribution in [-0.2, 0) is 11.3 Å². The summed E-state index contributed by atoms with van der Waals surface area (Å²) in [5, 5.41) is 0. The van der Waals surface area contributed by atoms with E-state index < -0.39 is 0 Å². The van der Waals surface area contributed by atoms with Gasteiger partial charge in [-0.15, -0.1) is 0 Å². The molecule has 0 aliphatic heterocycles. The third-order valence-corrected chi connectivity index (χ3v) is 3.29. The molecule has 3 aromatic rings. The van der Waals surface area contributed by atoms with Gasteiger partial charge in [-0.1, -0.05) is 36.4 Å². The third-order valence-electron chi connectivity index (χ3n) is 3.29. The standard InChI is InChI=1S/C18H15NO3/c1-13-7-5-6-10-16(13)18(20)22-12-15-11-21-17(19-15)14-8-3-2-4-9-14/h2-11H,12H2,1H3. The molecule has 0 unspecified atom stereocenters. The molecule has 4 nitrogen and oxygen atoms in total. The number of oxazole rings is 1. The van der Waals surface area contributed by atoms with Crippen molar-refractivity contribution in [3.05, 3.63) is 77.7 Å². The first-order valence-electron chi connectivity index (χ1n) is 6.96. The highest BCUT2D eigenvalue weighted by Crippen LogP contribution is 2.18. The van der Waals surface area contributed by atoms with Crippen molar-refractivity contribution in [2.45, 2.75) is 13.5 Å². The number of benzene rings is 2. The zero-order valence-electron chi connectivity index (χ0n) is 12.2. The summed E-state index contributed by atoms with van der Waals surface area (Å²) in [4.78, 5) is 16.4. The summed E-state index contributed by atoms with van der Waals surface area (Å²) >= 11 is 0. The van der Waals surface area contributed by atoms with E-state index in [2.05, 4.69) is 4.98 Å². The van der Waals surface area contributed by atoms with Crippen LogP contribution in [0, 0.1) is 6.92 Å². The second-order valence-electron chi connectivity index (χ2n) is 4.90. The number of aryl methyl sites for hydroxylation is 1. The van der Waals surface area contributed by atoms with Crippen LogP contribution in [0.3, 0.4) is 0 Å². The van der Waals surface area contributed by atoms with Gasteiger partial charge in [-0.25, -0.2) is 9.78 Å². The lowest BCUT2D eigenvalue weighted by Crippen LogP contribution is -2.07. The van der Waals surface area contributed by atoms with E-state index in [0.29, 0.717) is 17.1 Å². The van der Waals surface area contributed by atoms with Gasteiger partial charge in [0.2, 0.25) is 5.89 Å². The average molecular weight is 293 g/mol. The number of hydrogen-bond acceptors (Lipinski definition) is 4. The molecule has 110 valence electrons. The zero-order chi connectivity index (χ0) is 15.4. The summed E-state index contributed by atoms with van der Waals surface area (Å²) in [6.07, 6.45) is 1.51. The Balaban J connectivity index is 1.67. The molecular formula is C18H15NO3. The first-order valence-corrected chi connectivity index (χ1v) is 6.96. The number of esters is 1. The van der Waals surface area contributed by atoms with Crippen LogP contribution in [0.15, 0.2) is 65.3 Å². The predicted octanol–water partition coefficient (Wildman–Crippen LogP) is 4.01. The molecule has 0 saturated carbocycles. The Morgan fingerprint density at radius 2 is 1.82 bits per heavy atom. The minimum atomic E-state index is -0.359. The Kier molecular flexibility index (Phi) is 4.01. The Morgan fingerprint density at radius 3 is 2.59 bits per heavy atom. The first-order chi connectivity index (χ1) is 10.7. The van der Waals surface area contributed by atoms with E-state index in [4.69, 9.17) is 9.15 Å². The Bertz CT molecular complexity index is 778. The van der Waals surface area contributed by atoms with E-state index >= 15 is 0 Å². The molecule has 0 bridgehead atoms. The van der Waals surface area contributed by atoms with Gasteiger partial charge >= 0.3 is 5.97 Å². The molecule has 0 saturated heterocycles. The Labute approximate surface area is 128 Å². The number of nitrogens with zero attached hydrogens (tertiary/aromatic N) is 1. The second kappa shape index (κ2) is 6.26. The second-order valence-corrected chi connectivity index (χ2v) is 4.90. The lowest BCUT2D eigenvalue weighted by molar-refractivity contribution is 0.0467. The summed E-state index contributed by atoms with van der Waals surface area (Å²) in [6, 6.07) is 16.9. The normalized spacial score (nSPS) is 10.4. The van der Waals surface area contributed by atoms with E-state index in [0.717, 1.165) is 11.1 Å². The average Bonchev–Trinajstić information content (AvgIpc) is 3.03. The molecule has 0 atom stereocenters. The fourth-order valence-electron chi connectivity index (χ4n) is 2.11. The van der Waals surface area contributed by atoms with Gasteiger partial charge in [0.1, 0.15) is 18.6 Å². The largest absolute Gasteiger partial charge is 0.455 e. The lowest BCUT2D eigenvalue weighted by Gasteiger charge is -2.04. The monoisotopic (exact) mass is 293 g/mol. The van der Waals surface area contributed by atoms with Crippen LogP contribution in [0.1, 0.15) is 21.6 Å². The maximum atomic E-state index is 12.0. The Hall–Kier alpha value is -2.88. The predicted molar refractivity (Wildman–Crippen MR) is 82.2 cm³/mol. The van der Waals surface area contributed by atoms with Crippen LogP contribution in [0.2, 0.25) is 0 Å². The highest BCUT2D eigenvalue weighted by Gasteiger charge is 2.12. The molecule has 0 aliphatic rings. The molecule has 0 N–H and O–H groups in total. The quantitative estimate of drug-likeness (QED) is 0.682. The van der Waals surface area contributed by atoms with Gasteiger partial charge in [-0.2, -0.15) is 0 Å². The van der Waals surface area contributed by atoms with Crippen molar-refractivity contribution in [2.75, 3.05) is 0 Å². The fraction of sp³-hybridized carbons (Fsp3) is 0.111. The fourth-order valence-corrected chi connectivity index (χ4v) is 2.11. The minimum Gasteiger partial charge on any atom is -0.455 e. The summed E-state index contributed by atoms with van der Waals surface area (Å²) in [5.41, 5.74) is 2.92. The molecule has 1 heterocycles. The highest BCUT2D eigenvalue weighted by molar-refractivity contribution is 5.90. The van der Waals surface area contributed by atoms with Crippen molar-refractivity contribution >= 4 is 5.97 Å². The maximum Gasteiger partial charge on any atom is 0.338 e. The molecule has 2 aromatic carbocycles. The Morgan fingerprint density at radius 1 is 1.09 bits per heavy atom. The zero-order valence-corrected chi connectivity index (χ0v) is 12.2. The van der Waals surface area contributed by atoms with Gasteiger partial charge in [0.25, 0.3) is 0 Å². The molecule has 1 aromatic heterocycles. The van der Waals surface area contributed by atoms with Crippen molar-refractivity contribution in [1.82, 2.24) is 4.98 Å². The van der Waals surface area contributed by atoms with Crippen LogP contribution >= 0.6 is 0 Å². The number of carbonyl (C=O) groups is 1. The minimum absolute atomic E-state index is 0.0868. The van der Waals surface area contributed by atoms with E-state index in [1.54, 1.807) is 6.07 Å². The SMILES string of the molecule is Cc1ccccc1C(=O)OCc1coc(-c2ccccc2)n1. The molecule has 0 radical (unpaired) electrons. The smallest absolute Gasteiger partial charge is 0.338 e. The number of aromatic nitrogens is 1.